The zero-order valence-electron chi connectivity index (χ0n) is 9.33. The monoisotopic (exact) mass is 205 g/mol. The van der Waals surface area contributed by atoms with Crippen LogP contribution < -0.4 is 10.1 Å². The number of hydrogen-bond acceptors (Lipinski definition) is 2. The third-order valence-corrected chi connectivity index (χ3v) is 3.00. The Morgan fingerprint density at radius 3 is 2.47 bits per heavy atom. The molecule has 1 fully saturated rings. The van der Waals surface area contributed by atoms with E-state index in [2.05, 4.69) is 29.6 Å². The summed E-state index contributed by atoms with van der Waals surface area (Å²) in [5.41, 5.74) is 1.46. The van der Waals surface area contributed by atoms with Gasteiger partial charge in [0.05, 0.1) is 6.61 Å². The van der Waals surface area contributed by atoms with E-state index in [1.165, 1.54) is 18.4 Å². The highest BCUT2D eigenvalue weighted by atomic mass is 16.5. The molecule has 0 saturated carbocycles. The zero-order valence-corrected chi connectivity index (χ0v) is 9.33. The van der Waals surface area contributed by atoms with Crippen molar-refractivity contribution in [3.8, 4) is 5.75 Å². The summed E-state index contributed by atoms with van der Waals surface area (Å²) in [7, 11) is 0. The van der Waals surface area contributed by atoms with Crippen LogP contribution >= 0.6 is 0 Å². The van der Waals surface area contributed by atoms with Gasteiger partial charge in [-0.15, -0.1) is 0 Å². The first-order valence-corrected chi connectivity index (χ1v) is 5.83. The molecule has 0 atom stereocenters. The SMILES string of the molecule is CCOc1ccc(C2CCNCC2)cc1. The Balaban J connectivity index is 2.02. The predicted octanol–water partition coefficient (Wildman–Crippen LogP) is 2.55. The summed E-state index contributed by atoms with van der Waals surface area (Å²) >= 11 is 0. The fourth-order valence-corrected chi connectivity index (χ4v) is 2.16. The molecule has 2 heteroatoms. The van der Waals surface area contributed by atoms with Crippen molar-refractivity contribution in [1.82, 2.24) is 5.32 Å². The molecule has 1 aliphatic rings. The quantitative estimate of drug-likeness (QED) is 0.818. The molecule has 2 rings (SSSR count). The van der Waals surface area contributed by atoms with Gasteiger partial charge in [0.2, 0.25) is 0 Å². The van der Waals surface area contributed by atoms with Crippen LogP contribution in [-0.2, 0) is 0 Å². The summed E-state index contributed by atoms with van der Waals surface area (Å²) in [6, 6.07) is 8.59. The number of piperidine rings is 1. The smallest absolute Gasteiger partial charge is 0.119 e. The number of rotatable bonds is 3. The first-order valence-electron chi connectivity index (χ1n) is 5.83. The summed E-state index contributed by atoms with van der Waals surface area (Å²) in [6.07, 6.45) is 2.52. The van der Waals surface area contributed by atoms with Gasteiger partial charge < -0.3 is 10.1 Å². The molecule has 1 saturated heterocycles. The third kappa shape index (κ3) is 2.72. The molecule has 0 unspecified atom stereocenters. The molecule has 15 heavy (non-hydrogen) atoms. The molecular weight excluding hydrogens is 186 g/mol. The van der Waals surface area contributed by atoms with Gasteiger partial charge in [0.25, 0.3) is 0 Å². The zero-order chi connectivity index (χ0) is 10.5. The van der Waals surface area contributed by atoms with Gasteiger partial charge in [-0.2, -0.15) is 0 Å². The van der Waals surface area contributed by atoms with E-state index in [1.807, 2.05) is 6.92 Å². The first-order chi connectivity index (χ1) is 7.40. The van der Waals surface area contributed by atoms with Gasteiger partial charge in [-0.05, 0) is 56.5 Å². The van der Waals surface area contributed by atoms with Crippen molar-refractivity contribution in [1.29, 1.82) is 0 Å². The van der Waals surface area contributed by atoms with E-state index in [9.17, 15) is 0 Å². The van der Waals surface area contributed by atoms with Crippen LogP contribution in [0.4, 0.5) is 0 Å². The van der Waals surface area contributed by atoms with E-state index < -0.39 is 0 Å². The average Bonchev–Trinajstić information content (AvgIpc) is 2.32. The minimum absolute atomic E-state index is 0.738. The molecule has 1 aliphatic heterocycles. The Bertz CT molecular complexity index is 288. The predicted molar refractivity (Wildman–Crippen MR) is 62.5 cm³/mol. The van der Waals surface area contributed by atoms with E-state index in [1.54, 1.807) is 0 Å². The summed E-state index contributed by atoms with van der Waals surface area (Å²) in [6.45, 7) is 5.06. The minimum atomic E-state index is 0.738. The maximum atomic E-state index is 5.44. The molecule has 1 aromatic carbocycles. The van der Waals surface area contributed by atoms with Crippen LogP contribution in [0.25, 0.3) is 0 Å². The van der Waals surface area contributed by atoms with Crippen LogP contribution in [0.2, 0.25) is 0 Å². The topological polar surface area (TPSA) is 21.3 Å². The number of benzene rings is 1. The van der Waals surface area contributed by atoms with Crippen molar-refractivity contribution in [2.24, 2.45) is 0 Å². The molecule has 82 valence electrons. The Labute approximate surface area is 91.6 Å². The van der Waals surface area contributed by atoms with Crippen molar-refractivity contribution >= 4 is 0 Å². The number of ether oxygens (including phenoxy) is 1. The van der Waals surface area contributed by atoms with Crippen LogP contribution in [0.15, 0.2) is 24.3 Å². The molecule has 0 radical (unpaired) electrons. The Kier molecular flexibility index (Phi) is 3.62. The van der Waals surface area contributed by atoms with Crippen molar-refractivity contribution in [3.63, 3.8) is 0 Å². The second-order valence-electron chi connectivity index (χ2n) is 4.03. The van der Waals surface area contributed by atoms with Crippen LogP contribution in [0.3, 0.4) is 0 Å². The van der Waals surface area contributed by atoms with Gasteiger partial charge in [-0.3, -0.25) is 0 Å². The fraction of sp³-hybridized carbons (Fsp3) is 0.538. The lowest BCUT2D eigenvalue weighted by Crippen LogP contribution is -2.26. The molecular formula is C13H19NO. The van der Waals surface area contributed by atoms with Gasteiger partial charge in [0, 0.05) is 0 Å². The minimum Gasteiger partial charge on any atom is -0.494 e. The third-order valence-electron chi connectivity index (χ3n) is 3.00. The molecule has 0 aliphatic carbocycles. The Morgan fingerprint density at radius 1 is 1.20 bits per heavy atom. The van der Waals surface area contributed by atoms with Crippen molar-refractivity contribution in [2.45, 2.75) is 25.7 Å². The van der Waals surface area contributed by atoms with Crippen molar-refractivity contribution in [3.05, 3.63) is 29.8 Å². The normalized spacial score (nSPS) is 17.7. The number of nitrogens with one attached hydrogen (secondary N) is 1. The van der Waals surface area contributed by atoms with E-state index >= 15 is 0 Å². The van der Waals surface area contributed by atoms with E-state index in [0.717, 1.165) is 31.4 Å². The summed E-state index contributed by atoms with van der Waals surface area (Å²) in [5.74, 6) is 1.72. The number of hydrogen-bond donors (Lipinski definition) is 1. The molecule has 0 amide bonds. The van der Waals surface area contributed by atoms with Crippen LogP contribution in [-0.4, -0.2) is 19.7 Å². The first kappa shape index (κ1) is 10.5. The molecule has 2 nitrogen and oxygen atoms in total. The second-order valence-corrected chi connectivity index (χ2v) is 4.03. The lowest BCUT2D eigenvalue weighted by atomic mass is 9.90. The van der Waals surface area contributed by atoms with Crippen LogP contribution in [0, 0.1) is 0 Å². The molecule has 0 spiro atoms. The van der Waals surface area contributed by atoms with Gasteiger partial charge in [-0.25, -0.2) is 0 Å². The van der Waals surface area contributed by atoms with Gasteiger partial charge in [-0.1, -0.05) is 12.1 Å². The summed E-state index contributed by atoms with van der Waals surface area (Å²) in [5, 5.41) is 3.39. The van der Waals surface area contributed by atoms with E-state index in [4.69, 9.17) is 4.74 Å². The highest BCUT2D eigenvalue weighted by molar-refractivity contribution is 5.29. The lowest BCUT2D eigenvalue weighted by molar-refractivity contribution is 0.340. The molecule has 1 N–H and O–H groups in total. The molecule has 0 bridgehead atoms. The summed E-state index contributed by atoms with van der Waals surface area (Å²) in [4.78, 5) is 0. The van der Waals surface area contributed by atoms with Gasteiger partial charge in [0.1, 0.15) is 5.75 Å². The fourth-order valence-electron chi connectivity index (χ4n) is 2.16. The standard InChI is InChI=1S/C13H19NO/c1-2-15-13-5-3-11(4-6-13)12-7-9-14-10-8-12/h3-6,12,14H,2,7-10H2,1H3. The second kappa shape index (κ2) is 5.17. The summed E-state index contributed by atoms with van der Waals surface area (Å²) < 4.78 is 5.44. The Morgan fingerprint density at radius 2 is 1.87 bits per heavy atom. The maximum absolute atomic E-state index is 5.44. The largest absolute Gasteiger partial charge is 0.494 e. The van der Waals surface area contributed by atoms with Crippen LogP contribution in [0.5, 0.6) is 5.75 Å². The average molecular weight is 205 g/mol. The highest BCUT2D eigenvalue weighted by Crippen LogP contribution is 2.26. The van der Waals surface area contributed by atoms with E-state index in [0.29, 0.717) is 0 Å². The maximum Gasteiger partial charge on any atom is 0.119 e. The van der Waals surface area contributed by atoms with Gasteiger partial charge >= 0.3 is 0 Å². The van der Waals surface area contributed by atoms with Gasteiger partial charge in [0.15, 0.2) is 0 Å². The van der Waals surface area contributed by atoms with Crippen LogP contribution in [0.1, 0.15) is 31.2 Å². The molecule has 1 heterocycles. The Hall–Kier alpha value is -1.02. The highest BCUT2D eigenvalue weighted by Gasteiger charge is 2.14. The van der Waals surface area contributed by atoms with Crippen molar-refractivity contribution < 1.29 is 4.74 Å². The molecule has 1 aromatic rings. The van der Waals surface area contributed by atoms with E-state index in [-0.39, 0.29) is 0 Å². The van der Waals surface area contributed by atoms with Crippen molar-refractivity contribution in [2.75, 3.05) is 19.7 Å². The lowest BCUT2D eigenvalue weighted by Gasteiger charge is -2.23. The molecule has 0 aromatic heterocycles.